The van der Waals surface area contributed by atoms with Crippen LogP contribution in [0.5, 0.6) is 0 Å². The molecule has 0 aliphatic carbocycles. The maximum Gasteiger partial charge on any atom is 0.292 e. The molecule has 1 aromatic heterocycles. The van der Waals surface area contributed by atoms with Crippen molar-refractivity contribution in [3.05, 3.63) is 52.8 Å². The smallest absolute Gasteiger partial charge is 0.292 e. The van der Waals surface area contributed by atoms with Crippen molar-refractivity contribution < 1.29 is 4.92 Å². The molecule has 0 saturated heterocycles. The third-order valence-corrected chi connectivity index (χ3v) is 2.39. The van der Waals surface area contributed by atoms with E-state index < -0.39 is 4.92 Å². The summed E-state index contributed by atoms with van der Waals surface area (Å²) < 4.78 is 0. The molecule has 1 heterocycles. The summed E-state index contributed by atoms with van der Waals surface area (Å²) in [6.45, 7) is 1.10. The molecule has 19 heavy (non-hydrogen) atoms. The Balaban J connectivity index is 1.85. The highest BCUT2D eigenvalue weighted by molar-refractivity contribution is 5.61. The van der Waals surface area contributed by atoms with Crippen LogP contribution < -0.4 is 10.6 Å². The molecule has 0 amide bonds. The minimum atomic E-state index is -0.407. The van der Waals surface area contributed by atoms with Gasteiger partial charge in [-0.05, 0) is 12.1 Å². The molecule has 0 fully saturated rings. The van der Waals surface area contributed by atoms with Crippen LogP contribution >= 0.6 is 0 Å². The first-order chi connectivity index (χ1) is 9.27. The Bertz CT molecular complexity index is 547. The summed E-state index contributed by atoms with van der Waals surface area (Å²) in [4.78, 5) is 18.4. The molecule has 1 aromatic carbocycles. The summed E-state index contributed by atoms with van der Waals surface area (Å²) >= 11 is 0. The molecular weight excluding hydrogens is 246 g/mol. The molecule has 7 heteroatoms. The fourth-order valence-electron chi connectivity index (χ4n) is 1.54. The lowest BCUT2D eigenvalue weighted by molar-refractivity contribution is -0.384. The van der Waals surface area contributed by atoms with Gasteiger partial charge in [0, 0.05) is 31.5 Å². The van der Waals surface area contributed by atoms with E-state index in [4.69, 9.17) is 0 Å². The number of rotatable bonds is 6. The number of hydrogen-bond donors (Lipinski definition) is 2. The van der Waals surface area contributed by atoms with Crippen molar-refractivity contribution in [3.8, 4) is 0 Å². The van der Waals surface area contributed by atoms with Crippen LogP contribution in [-0.2, 0) is 0 Å². The number of hydrogen-bond acceptors (Lipinski definition) is 6. The fourth-order valence-corrected chi connectivity index (χ4v) is 1.54. The monoisotopic (exact) mass is 259 g/mol. The van der Waals surface area contributed by atoms with Crippen molar-refractivity contribution >= 4 is 17.3 Å². The Morgan fingerprint density at radius 3 is 2.47 bits per heavy atom. The number of aromatic nitrogens is 2. The number of nitro benzene ring substituents is 1. The van der Waals surface area contributed by atoms with Crippen LogP contribution in [0.3, 0.4) is 0 Å². The van der Waals surface area contributed by atoms with Crippen LogP contribution in [0.1, 0.15) is 0 Å². The number of nitrogens with zero attached hydrogens (tertiary/aromatic N) is 3. The van der Waals surface area contributed by atoms with Crippen LogP contribution in [0.2, 0.25) is 0 Å². The van der Waals surface area contributed by atoms with Crippen molar-refractivity contribution in [2.45, 2.75) is 0 Å². The summed E-state index contributed by atoms with van der Waals surface area (Å²) in [5.41, 5.74) is 0.571. The average molecular weight is 259 g/mol. The number of benzene rings is 1. The first kappa shape index (κ1) is 12.7. The molecule has 0 aliphatic rings. The van der Waals surface area contributed by atoms with Crippen LogP contribution in [0.15, 0.2) is 42.7 Å². The van der Waals surface area contributed by atoms with Gasteiger partial charge in [0.15, 0.2) is 0 Å². The quantitative estimate of drug-likeness (QED) is 0.467. The Morgan fingerprint density at radius 2 is 1.74 bits per heavy atom. The Kier molecular flexibility index (Phi) is 4.22. The van der Waals surface area contributed by atoms with Gasteiger partial charge in [0.1, 0.15) is 5.69 Å². The van der Waals surface area contributed by atoms with Gasteiger partial charge in [0.05, 0.1) is 4.92 Å². The van der Waals surface area contributed by atoms with E-state index in [9.17, 15) is 10.1 Å². The molecule has 0 saturated carbocycles. The highest BCUT2D eigenvalue weighted by Crippen LogP contribution is 2.22. The lowest BCUT2D eigenvalue weighted by atomic mass is 10.2. The van der Waals surface area contributed by atoms with Crippen molar-refractivity contribution in [2.24, 2.45) is 0 Å². The summed E-state index contributed by atoms with van der Waals surface area (Å²) in [6, 6.07) is 8.27. The molecule has 7 nitrogen and oxygen atoms in total. The second-order valence-electron chi connectivity index (χ2n) is 3.70. The minimum Gasteiger partial charge on any atom is -0.378 e. The number of nitro groups is 1. The van der Waals surface area contributed by atoms with E-state index in [1.807, 2.05) is 0 Å². The van der Waals surface area contributed by atoms with Crippen molar-refractivity contribution in [2.75, 3.05) is 23.7 Å². The number of para-hydroxylation sites is 2. The minimum absolute atomic E-state index is 0.0680. The largest absolute Gasteiger partial charge is 0.378 e. The van der Waals surface area contributed by atoms with Crippen molar-refractivity contribution in [1.29, 1.82) is 0 Å². The van der Waals surface area contributed by atoms with E-state index >= 15 is 0 Å². The molecule has 2 N–H and O–H groups in total. The molecule has 0 bridgehead atoms. The second kappa shape index (κ2) is 6.29. The van der Waals surface area contributed by atoms with Gasteiger partial charge >= 0.3 is 0 Å². The fraction of sp³-hybridized carbons (Fsp3) is 0.167. The van der Waals surface area contributed by atoms with Crippen LogP contribution in [0.25, 0.3) is 0 Å². The third-order valence-electron chi connectivity index (χ3n) is 2.39. The van der Waals surface area contributed by atoms with Gasteiger partial charge in [-0.3, -0.25) is 10.1 Å². The van der Waals surface area contributed by atoms with Gasteiger partial charge in [-0.2, -0.15) is 0 Å². The van der Waals surface area contributed by atoms with E-state index in [0.717, 1.165) is 0 Å². The van der Waals surface area contributed by atoms with Crippen LogP contribution in [0, 0.1) is 10.1 Å². The average Bonchev–Trinajstić information content (AvgIpc) is 2.45. The predicted molar refractivity (Wildman–Crippen MR) is 72.1 cm³/mol. The van der Waals surface area contributed by atoms with Gasteiger partial charge in [-0.1, -0.05) is 12.1 Å². The molecule has 2 rings (SSSR count). The summed E-state index contributed by atoms with van der Waals surface area (Å²) in [5.74, 6) is 0.534. The normalized spacial score (nSPS) is 9.89. The standard InChI is InChI=1S/C12H13N5O2/c18-17(19)11-5-2-1-4-10(11)13-8-9-16-12-14-6-3-7-15-12/h1-7,13H,8-9H2,(H,14,15,16). The molecule has 0 spiro atoms. The molecular formula is C12H13N5O2. The summed E-state index contributed by atoms with van der Waals surface area (Å²) in [6.07, 6.45) is 3.29. The van der Waals surface area contributed by atoms with Gasteiger partial charge in [0.2, 0.25) is 5.95 Å². The molecule has 2 aromatic rings. The Hall–Kier alpha value is -2.70. The zero-order chi connectivity index (χ0) is 13.5. The molecule has 0 aliphatic heterocycles. The van der Waals surface area contributed by atoms with Gasteiger partial charge in [-0.25, -0.2) is 9.97 Å². The second-order valence-corrected chi connectivity index (χ2v) is 3.70. The topological polar surface area (TPSA) is 93.0 Å². The Labute approximate surface area is 109 Å². The van der Waals surface area contributed by atoms with Gasteiger partial charge < -0.3 is 10.6 Å². The van der Waals surface area contributed by atoms with Gasteiger partial charge in [0.25, 0.3) is 5.69 Å². The molecule has 0 radical (unpaired) electrons. The van der Waals surface area contributed by atoms with E-state index in [1.54, 1.807) is 36.7 Å². The highest BCUT2D eigenvalue weighted by atomic mass is 16.6. The summed E-state index contributed by atoms with van der Waals surface area (Å²) in [7, 11) is 0. The summed E-state index contributed by atoms with van der Waals surface area (Å²) in [5, 5.41) is 16.8. The van der Waals surface area contributed by atoms with E-state index in [1.165, 1.54) is 6.07 Å². The zero-order valence-electron chi connectivity index (χ0n) is 10.1. The predicted octanol–water partition coefficient (Wildman–Crippen LogP) is 1.91. The highest BCUT2D eigenvalue weighted by Gasteiger charge is 2.10. The maximum absolute atomic E-state index is 10.8. The van der Waals surface area contributed by atoms with Crippen LogP contribution in [-0.4, -0.2) is 28.0 Å². The van der Waals surface area contributed by atoms with Crippen molar-refractivity contribution in [3.63, 3.8) is 0 Å². The SMILES string of the molecule is O=[N+]([O-])c1ccccc1NCCNc1ncccn1. The molecule has 0 unspecified atom stereocenters. The molecule has 0 atom stereocenters. The van der Waals surface area contributed by atoms with Crippen LogP contribution in [0.4, 0.5) is 17.3 Å². The molecule has 98 valence electrons. The zero-order valence-corrected chi connectivity index (χ0v) is 10.1. The Morgan fingerprint density at radius 1 is 1.05 bits per heavy atom. The van der Waals surface area contributed by atoms with E-state index in [-0.39, 0.29) is 5.69 Å². The first-order valence-corrected chi connectivity index (χ1v) is 5.75. The lowest BCUT2D eigenvalue weighted by Crippen LogP contribution is -2.15. The number of anilines is 2. The lowest BCUT2D eigenvalue weighted by Gasteiger charge is -2.07. The van der Waals surface area contributed by atoms with Crippen molar-refractivity contribution in [1.82, 2.24) is 9.97 Å². The third kappa shape index (κ3) is 3.63. The van der Waals surface area contributed by atoms with Gasteiger partial charge in [-0.15, -0.1) is 0 Å². The number of nitrogens with one attached hydrogen (secondary N) is 2. The first-order valence-electron chi connectivity index (χ1n) is 5.75. The van der Waals surface area contributed by atoms with E-state index in [2.05, 4.69) is 20.6 Å². The van der Waals surface area contributed by atoms with E-state index in [0.29, 0.717) is 24.7 Å². The maximum atomic E-state index is 10.8.